The molecule has 2 aromatic rings. The van der Waals surface area contributed by atoms with Gasteiger partial charge in [0.15, 0.2) is 5.82 Å². The van der Waals surface area contributed by atoms with Crippen LogP contribution in [-0.4, -0.2) is 16.9 Å². The normalized spacial score (nSPS) is 21.6. The minimum atomic E-state index is 0.0250. The fourth-order valence-electron chi connectivity index (χ4n) is 4.05. The molecular weight excluding hydrogens is 312 g/mol. The molecule has 130 valence electrons. The molecule has 25 heavy (non-hydrogen) atoms. The van der Waals surface area contributed by atoms with E-state index in [1.54, 1.807) is 0 Å². The second kappa shape index (κ2) is 6.06. The summed E-state index contributed by atoms with van der Waals surface area (Å²) in [5.74, 6) is 1.60. The maximum Gasteiger partial charge on any atom is 0.226 e. The summed E-state index contributed by atoms with van der Waals surface area (Å²) in [6.07, 6.45) is 2.64. The van der Waals surface area contributed by atoms with Gasteiger partial charge in [0, 0.05) is 12.5 Å². The van der Waals surface area contributed by atoms with E-state index in [1.165, 1.54) is 22.3 Å². The van der Waals surface area contributed by atoms with Crippen molar-refractivity contribution in [1.29, 1.82) is 0 Å². The van der Waals surface area contributed by atoms with Crippen LogP contribution in [0.15, 0.2) is 24.3 Å². The lowest BCUT2D eigenvalue weighted by Crippen LogP contribution is -2.19. The number of nitrogens with zero attached hydrogens (tertiary/aromatic N) is 1. The molecule has 2 aliphatic rings. The Labute approximate surface area is 148 Å². The molecule has 0 bridgehead atoms. The van der Waals surface area contributed by atoms with Gasteiger partial charge >= 0.3 is 0 Å². The summed E-state index contributed by atoms with van der Waals surface area (Å²) in [6, 6.07) is 8.78. The van der Waals surface area contributed by atoms with E-state index in [9.17, 15) is 4.79 Å². The number of hydrogen-bond acceptors (Lipinski definition) is 4. The summed E-state index contributed by atoms with van der Waals surface area (Å²) in [7, 11) is 0. The average Bonchev–Trinajstić information content (AvgIpc) is 2.85. The summed E-state index contributed by atoms with van der Waals surface area (Å²) in [5.41, 5.74) is 6.28. The van der Waals surface area contributed by atoms with Gasteiger partial charge in [0.05, 0.1) is 11.7 Å². The molecule has 4 rings (SSSR count). The number of rotatable bonds is 2. The molecular formula is C20H24N4O. The lowest BCUT2D eigenvalue weighted by molar-refractivity contribution is -0.116. The summed E-state index contributed by atoms with van der Waals surface area (Å²) >= 11 is 0. The minimum absolute atomic E-state index is 0.0250. The molecule has 0 saturated heterocycles. The highest BCUT2D eigenvalue weighted by molar-refractivity contribution is 5.95. The highest BCUT2D eigenvalue weighted by atomic mass is 16.1. The van der Waals surface area contributed by atoms with E-state index in [-0.39, 0.29) is 11.9 Å². The van der Waals surface area contributed by atoms with Gasteiger partial charge in [-0.3, -0.25) is 4.79 Å². The smallest absolute Gasteiger partial charge is 0.226 e. The summed E-state index contributed by atoms with van der Waals surface area (Å²) in [4.78, 5) is 16.5. The molecule has 2 atom stereocenters. The van der Waals surface area contributed by atoms with Crippen molar-refractivity contribution in [2.45, 2.75) is 52.1 Å². The molecule has 5 nitrogen and oxygen atoms in total. The Balaban J connectivity index is 1.61. The predicted octanol–water partition coefficient (Wildman–Crippen LogP) is 3.94. The van der Waals surface area contributed by atoms with Gasteiger partial charge in [0.1, 0.15) is 5.82 Å². The van der Waals surface area contributed by atoms with Crippen molar-refractivity contribution in [3.05, 3.63) is 46.5 Å². The predicted molar refractivity (Wildman–Crippen MR) is 101 cm³/mol. The van der Waals surface area contributed by atoms with Crippen LogP contribution < -0.4 is 16.0 Å². The topological polar surface area (TPSA) is 66.0 Å². The summed E-state index contributed by atoms with van der Waals surface area (Å²) in [5, 5.41) is 9.82. The first-order valence-corrected chi connectivity index (χ1v) is 8.93. The van der Waals surface area contributed by atoms with Gasteiger partial charge in [-0.05, 0) is 62.4 Å². The third kappa shape index (κ3) is 3.06. The maximum atomic E-state index is 11.8. The van der Waals surface area contributed by atoms with E-state index in [2.05, 4.69) is 41.9 Å². The molecule has 2 heterocycles. The molecule has 1 aromatic heterocycles. The number of carbonyl (C=O) groups is 1. The monoisotopic (exact) mass is 336 g/mol. The summed E-state index contributed by atoms with van der Waals surface area (Å²) < 4.78 is 0. The van der Waals surface area contributed by atoms with Crippen LogP contribution in [0.4, 0.5) is 17.3 Å². The van der Waals surface area contributed by atoms with Crippen LogP contribution in [0.25, 0.3) is 0 Å². The van der Waals surface area contributed by atoms with Crippen molar-refractivity contribution >= 4 is 23.2 Å². The van der Waals surface area contributed by atoms with Crippen molar-refractivity contribution in [2.75, 3.05) is 16.0 Å². The zero-order chi connectivity index (χ0) is 17.6. The molecule has 0 spiro atoms. The molecule has 5 heteroatoms. The number of nitrogens with one attached hydrogen (secondary N) is 3. The highest BCUT2D eigenvalue weighted by Crippen LogP contribution is 2.37. The number of pyridine rings is 1. The van der Waals surface area contributed by atoms with Crippen LogP contribution in [-0.2, 0) is 11.2 Å². The molecule has 1 amide bonds. The lowest BCUT2D eigenvalue weighted by atomic mass is 9.99. The number of fused-ring (bicyclic) bond motifs is 2. The molecule has 0 fully saturated rings. The van der Waals surface area contributed by atoms with Crippen LogP contribution in [0.5, 0.6) is 0 Å². The molecule has 1 aliphatic heterocycles. The molecule has 2 unspecified atom stereocenters. The van der Waals surface area contributed by atoms with Crippen molar-refractivity contribution in [3.8, 4) is 0 Å². The third-order valence-electron chi connectivity index (χ3n) is 5.03. The molecule has 0 radical (unpaired) electrons. The number of anilines is 3. The Bertz CT molecular complexity index is 846. The SMILES string of the molecule is Cc1cc(C)c2c(c1)CCC2Nc1ccc2c(n1)NC(C)CC(=O)N2. The van der Waals surface area contributed by atoms with Crippen molar-refractivity contribution < 1.29 is 4.79 Å². The van der Waals surface area contributed by atoms with Crippen LogP contribution >= 0.6 is 0 Å². The van der Waals surface area contributed by atoms with Gasteiger partial charge in [0.25, 0.3) is 0 Å². The van der Waals surface area contributed by atoms with Crippen LogP contribution in [0.1, 0.15) is 48.1 Å². The Morgan fingerprint density at radius 3 is 2.92 bits per heavy atom. The van der Waals surface area contributed by atoms with Crippen molar-refractivity contribution in [1.82, 2.24) is 4.98 Å². The standard InChI is InChI=1S/C20H24N4O/c1-11-8-12(2)19-14(9-11)4-5-15(19)22-17-7-6-16-20(24-17)21-13(3)10-18(25)23-16/h6-9,13,15H,4-5,10H2,1-3H3,(H,23,25)(H2,21,22,24). The van der Waals surface area contributed by atoms with Gasteiger partial charge in [-0.2, -0.15) is 0 Å². The molecule has 1 aliphatic carbocycles. The fourth-order valence-corrected chi connectivity index (χ4v) is 4.05. The van der Waals surface area contributed by atoms with E-state index in [1.807, 2.05) is 19.1 Å². The number of aryl methyl sites for hydroxylation is 3. The number of aromatic nitrogens is 1. The van der Waals surface area contributed by atoms with Crippen molar-refractivity contribution in [3.63, 3.8) is 0 Å². The lowest BCUT2D eigenvalue weighted by Gasteiger charge is -2.19. The second-order valence-corrected chi connectivity index (χ2v) is 7.28. The first-order valence-electron chi connectivity index (χ1n) is 8.93. The van der Waals surface area contributed by atoms with Crippen molar-refractivity contribution in [2.24, 2.45) is 0 Å². The largest absolute Gasteiger partial charge is 0.365 e. The van der Waals surface area contributed by atoms with Gasteiger partial charge < -0.3 is 16.0 Å². The van der Waals surface area contributed by atoms with Crippen LogP contribution in [0, 0.1) is 13.8 Å². The van der Waals surface area contributed by atoms with Gasteiger partial charge in [0.2, 0.25) is 5.91 Å². The van der Waals surface area contributed by atoms with E-state index in [0.717, 1.165) is 30.2 Å². The Morgan fingerprint density at radius 2 is 2.08 bits per heavy atom. The number of hydrogen-bond donors (Lipinski definition) is 3. The first kappa shape index (κ1) is 15.9. The van der Waals surface area contributed by atoms with Gasteiger partial charge in [-0.25, -0.2) is 4.98 Å². The van der Waals surface area contributed by atoms with Gasteiger partial charge in [-0.15, -0.1) is 0 Å². The Hall–Kier alpha value is -2.56. The Kier molecular flexibility index (Phi) is 3.86. The molecule has 3 N–H and O–H groups in total. The number of amides is 1. The zero-order valence-electron chi connectivity index (χ0n) is 14.9. The number of benzene rings is 1. The van der Waals surface area contributed by atoms with Crippen LogP contribution in [0.3, 0.4) is 0 Å². The second-order valence-electron chi connectivity index (χ2n) is 7.28. The quantitative estimate of drug-likeness (QED) is 0.777. The fraction of sp³-hybridized carbons (Fsp3) is 0.400. The van der Waals surface area contributed by atoms with E-state index in [4.69, 9.17) is 4.98 Å². The van der Waals surface area contributed by atoms with Gasteiger partial charge in [-0.1, -0.05) is 17.7 Å². The third-order valence-corrected chi connectivity index (χ3v) is 5.03. The number of carbonyl (C=O) groups excluding carboxylic acids is 1. The maximum absolute atomic E-state index is 11.8. The molecule has 0 saturated carbocycles. The summed E-state index contributed by atoms with van der Waals surface area (Å²) in [6.45, 7) is 6.34. The zero-order valence-corrected chi connectivity index (χ0v) is 14.9. The Morgan fingerprint density at radius 1 is 1.24 bits per heavy atom. The highest BCUT2D eigenvalue weighted by Gasteiger charge is 2.25. The van der Waals surface area contributed by atoms with Crippen LogP contribution in [0.2, 0.25) is 0 Å². The van der Waals surface area contributed by atoms with E-state index in [0.29, 0.717) is 12.5 Å². The first-order chi connectivity index (χ1) is 12.0. The molecule has 1 aromatic carbocycles. The average molecular weight is 336 g/mol. The van der Waals surface area contributed by atoms with E-state index >= 15 is 0 Å². The van der Waals surface area contributed by atoms with E-state index < -0.39 is 0 Å². The minimum Gasteiger partial charge on any atom is -0.365 e.